The van der Waals surface area contributed by atoms with E-state index < -0.39 is 0 Å². The minimum absolute atomic E-state index is 0.0979. The van der Waals surface area contributed by atoms with E-state index in [2.05, 4.69) is 23.2 Å². The van der Waals surface area contributed by atoms with Crippen LogP contribution in [0, 0.1) is 17.2 Å². The molecule has 4 nitrogen and oxygen atoms in total. The molecule has 1 aliphatic rings. The van der Waals surface area contributed by atoms with Crippen LogP contribution >= 0.6 is 0 Å². The highest BCUT2D eigenvalue weighted by Crippen LogP contribution is 2.19. The lowest BCUT2D eigenvalue weighted by Crippen LogP contribution is -2.40. The maximum Gasteiger partial charge on any atom is 0.0992 e. The Morgan fingerprint density at radius 3 is 3.06 bits per heavy atom. The monoisotopic (exact) mass is 245 g/mol. The van der Waals surface area contributed by atoms with Gasteiger partial charge >= 0.3 is 0 Å². The average molecular weight is 245 g/mol. The van der Waals surface area contributed by atoms with Crippen molar-refractivity contribution >= 4 is 5.69 Å². The van der Waals surface area contributed by atoms with Crippen LogP contribution in [0.25, 0.3) is 0 Å². The van der Waals surface area contributed by atoms with Crippen LogP contribution in [-0.2, 0) is 0 Å². The number of hydrogen-bond acceptors (Lipinski definition) is 4. The quantitative estimate of drug-likeness (QED) is 0.815. The number of hydrogen-bond donors (Lipinski definition) is 2. The molecular formula is C14H19N3O. The van der Waals surface area contributed by atoms with Crippen molar-refractivity contribution in [3.8, 4) is 6.07 Å². The average Bonchev–Trinajstić information content (AvgIpc) is 2.60. The highest BCUT2D eigenvalue weighted by Gasteiger charge is 2.21. The van der Waals surface area contributed by atoms with Crippen LogP contribution in [0.4, 0.5) is 5.69 Å². The van der Waals surface area contributed by atoms with E-state index in [-0.39, 0.29) is 12.6 Å². The maximum absolute atomic E-state index is 9.33. The van der Waals surface area contributed by atoms with Crippen LogP contribution in [0.5, 0.6) is 0 Å². The van der Waals surface area contributed by atoms with Gasteiger partial charge in [0.05, 0.1) is 18.2 Å². The van der Waals surface area contributed by atoms with Gasteiger partial charge in [0.1, 0.15) is 0 Å². The Hall–Kier alpha value is -1.57. The van der Waals surface area contributed by atoms with Crippen molar-refractivity contribution in [2.24, 2.45) is 5.92 Å². The summed E-state index contributed by atoms with van der Waals surface area (Å²) >= 11 is 0. The Morgan fingerprint density at radius 1 is 1.50 bits per heavy atom. The number of aliphatic hydroxyl groups is 1. The normalized spacial score (nSPS) is 24.4. The van der Waals surface area contributed by atoms with Gasteiger partial charge in [-0.1, -0.05) is 13.0 Å². The molecule has 4 heteroatoms. The van der Waals surface area contributed by atoms with Crippen molar-refractivity contribution in [2.75, 3.05) is 31.1 Å². The van der Waals surface area contributed by atoms with E-state index in [9.17, 15) is 5.11 Å². The third-order valence-corrected chi connectivity index (χ3v) is 3.29. The van der Waals surface area contributed by atoms with Gasteiger partial charge < -0.3 is 15.3 Å². The molecule has 0 aromatic heterocycles. The fourth-order valence-corrected chi connectivity index (χ4v) is 2.32. The van der Waals surface area contributed by atoms with Crippen molar-refractivity contribution in [2.45, 2.75) is 13.0 Å². The lowest BCUT2D eigenvalue weighted by Gasteiger charge is -2.26. The molecule has 1 heterocycles. The molecule has 1 saturated heterocycles. The topological polar surface area (TPSA) is 59.3 Å². The van der Waals surface area contributed by atoms with Crippen LogP contribution in [-0.4, -0.2) is 37.4 Å². The van der Waals surface area contributed by atoms with Gasteiger partial charge in [-0.15, -0.1) is 0 Å². The van der Waals surface area contributed by atoms with Crippen molar-refractivity contribution in [3.63, 3.8) is 0 Å². The molecule has 1 aliphatic heterocycles. The predicted octanol–water partition coefficient (Wildman–Crippen LogP) is 0.965. The van der Waals surface area contributed by atoms with E-state index in [0.717, 1.165) is 25.3 Å². The predicted molar refractivity (Wildman–Crippen MR) is 71.4 cm³/mol. The summed E-state index contributed by atoms with van der Waals surface area (Å²) in [5.74, 6) is 0.521. The van der Waals surface area contributed by atoms with Crippen molar-refractivity contribution in [3.05, 3.63) is 29.8 Å². The smallest absolute Gasteiger partial charge is 0.0992 e. The van der Waals surface area contributed by atoms with Crippen LogP contribution in [0.1, 0.15) is 12.5 Å². The molecule has 0 amide bonds. The third kappa shape index (κ3) is 3.00. The summed E-state index contributed by atoms with van der Waals surface area (Å²) in [6.45, 7) is 4.96. The molecule has 0 aliphatic carbocycles. The number of aliphatic hydroxyl groups excluding tert-OH is 1. The zero-order valence-electron chi connectivity index (χ0n) is 10.6. The van der Waals surface area contributed by atoms with Gasteiger partial charge in [-0.3, -0.25) is 0 Å². The first-order valence-electron chi connectivity index (χ1n) is 6.32. The van der Waals surface area contributed by atoms with Crippen LogP contribution in [0.15, 0.2) is 24.3 Å². The van der Waals surface area contributed by atoms with E-state index >= 15 is 0 Å². The number of nitrogens with one attached hydrogen (secondary N) is 1. The molecule has 1 fully saturated rings. The lowest BCUT2D eigenvalue weighted by atomic mass is 10.1. The zero-order chi connectivity index (χ0) is 13.0. The highest BCUT2D eigenvalue weighted by molar-refractivity contribution is 5.51. The summed E-state index contributed by atoms with van der Waals surface area (Å²) in [7, 11) is 0. The number of nitriles is 1. The van der Waals surface area contributed by atoms with Gasteiger partial charge in [0.15, 0.2) is 0 Å². The Labute approximate surface area is 108 Å². The summed E-state index contributed by atoms with van der Waals surface area (Å²) < 4.78 is 0. The minimum atomic E-state index is 0.0979. The number of benzene rings is 1. The van der Waals surface area contributed by atoms with E-state index in [1.54, 1.807) is 0 Å². The van der Waals surface area contributed by atoms with Gasteiger partial charge in [-0.25, -0.2) is 0 Å². The first kappa shape index (κ1) is 12.9. The minimum Gasteiger partial charge on any atom is -0.395 e. The second-order valence-electron chi connectivity index (χ2n) is 4.96. The summed E-state index contributed by atoms with van der Waals surface area (Å²) in [4.78, 5) is 2.24. The Bertz CT molecular complexity index is 441. The van der Waals surface area contributed by atoms with Crippen LogP contribution < -0.4 is 10.2 Å². The summed E-state index contributed by atoms with van der Waals surface area (Å²) in [5, 5.41) is 21.6. The molecule has 2 rings (SSSR count). The second-order valence-corrected chi connectivity index (χ2v) is 4.96. The van der Waals surface area contributed by atoms with E-state index in [1.165, 1.54) is 0 Å². The summed E-state index contributed by atoms with van der Waals surface area (Å²) in [5.41, 5.74) is 1.74. The molecule has 1 aromatic carbocycles. The molecule has 18 heavy (non-hydrogen) atoms. The molecule has 96 valence electrons. The van der Waals surface area contributed by atoms with E-state index in [4.69, 9.17) is 5.26 Å². The van der Waals surface area contributed by atoms with Gasteiger partial charge in [0, 0.05) is 24.8 Å². The summed E-state index contributed by atoms with van der Waals surface area (Å²) in [6, 6.07) is 9.91. The number of rotatable bonds is 2. The molecular weight excluding hydrogens is 226 g/mol. The second kappa shape index (κ2) is 5.85. The number of nitrogens with zero attached hydrogens (tertiary/aromatic N) is 2. The molecule has 2 atom stereocenters. The van der Waals surface area contributed by atoms with E-state index in [1.807, 2.05) is 24.3 Å². The van der Waals surface area contributed by atoms with Crippen LogP contribution in [0.2, 0.25) is 0 Å². The fourth-order valence-electron chi connectivity index (χ4n) is 2.32. The molecule has 0 radical (unpaired) electrons. The Morgan fingerprint density at radius 2 is 2.33 bits per heavy atom. The van der Waals surface area contributed by atoms with Crippen molar-refractivity contribution in [1.29, 1.82) is 5.26 Å². The van der Waals surface area contributed by atoms with Crippen LogP contribution in [0.3, 0.4) is 0 Å². The van der Waals surface area contributed by atoms with E-state index in [0.29, 0.717) is 11.5 Å². The standard InChI is InChI=1S/C14H19N3O/c1-11-7-16-13(10-18)9-17(8-11)14-4-2-3-12(5-14)6-15/h2-5,11,13,16,18H,7-10H2,1H3. The van der Waals surface area contributed by atoms with Gasteiger partial charge in [-0.05, 0) is 30.7 Å². The fraction of sp³-hybridized carbons (Fsp3) is 0.500. The largest absolute Gasteiger partial charge is 0.395 e. The van der Waals surface area contributed by atoms with Gasteiger partial charge in [-0.2, -0.15) is 5.26 Å². The maximum atomic E-state index is 9.33. The SMILES string of the molecule is CC1CNC(CO)CN(c2cccc(C#N)c2)C1. The first-order valence-corrected chi connectivity index (χ1v) is 6.32. The van der Waals surface area contributed by atoms with Crippen molar-refractivity contribution in [1.82, 2.24) is 5.32 Å². The first-order chi connectivity index (χ1) is 8.72. The molecule has 1 aromatic rings. The Balaban J connectivity index is 2.21. The molecule has 0 spiro atoms. The van der Waals surface area contributed by atoms with Gasteiger partial charge in [0.2, 0.25) is 0 Å². The molecule has 0 saturated carbocycles. The zero-order valence-corrected chi connectivity index (χ0v) is 10.6. The summed E-state index contributed by atoms with van der Waals surface area (Å²) in [6.07, 6.45) is 0. The third-order valence-electron chi connectivity index (χ3n) is 3.29. The highest BCUT2D eigenvalue weighted by atomic mass is 16.3. The molecule has 0 bridgehead atoms. The Kier molecular flexibility index (Phi) is 4.19. The molecule has 2 N–H and O–H groups in total. The lowest BCUT2D eigenvalue weighted by molar-refractivity contribution is 0.247. The molecule has 2 unspecified atom stereocenters. The van der Waals surface area contributed by atoms with Crippen molar-refractivity contribution < 1.29 is 5.11 Å². The van der Waals surface area contributed by atoms with Gasteiger partial charge in [0.25, 0.3) is 0 Å². The number of anilines is 1.